The van der Waals surface area contributed by atoms with Crippen molar-refractivity contribution in [3.63, 3.8) is 0 Å². The summed E-state index contributed by atoms with van der Waals surface area (Å²) < 4.78 is 5.31. The van der Waals surface area contributed by atoms with Crippen molar-refractivity contribution in [1.29, 1.82) is 0 Å². The Hall–Kier alpha value is -3.53. The number of carbonyl (C=O) groups is 1. The molecule has 0 bridgehead atoms. The Bertz CT molecular complexity index is 1100. The highest BCUT2D eigenvalue weighted by molar-refractivity contribution is 5.88. The maximum atomic E-state index is 11.8. The molecule has 3 rings (SSSR count). The Labute approximate surface area is 183 Å². The molecule has 3 aromatic rings. The van der Waals surface area contributed by atoms with Crippen LogP contribution in [0.3, 0.4) is 0 Å². The van der Waals surface area contributed by atoms with Gasteiger partial charge in [-0.2, -0.15) is 0 Å². The second kappa shape index (κ2) is 8.68. The zero-order valence-electron chi connectivity index (χ0n) is 18.6. The van der Waals surface area contributed by atoms with Crippen molar-refractivity contribution in [2.75, 3.05) is 0 Å². The Kier molecular flexibility index (Phi) is 6.21. The third-order valence-electron chi connectivity index (χ3n) is 5.34. The van der Waals surface area contributed by atoms with Crippen LogP contribution in [0.1, 0.15) is 51.8 Å². The third-order valence-corrected chi connectivity index (χ3v) is 5.34. The van der Waals surface area contributed by atoms with E-state index in [9.17, 15) is 15.0 Å². The zero-order valence-corrected chi connectivity index (χ0v) is 18.6. The lowest BCUT2D eigenvalue weighted by Crippen LogP contribution is -2.09. The van der Waals surface area contributed by atoms with Crippen molar-refractivity contribution in [1.82, 2.24) is 0 Å². The molecule has 4 heteroatoms. The fourth-order valence-electron chi connectivity index (χ4n) is 3.87. The first-order valence-electron chi connectivity index (χ1n) is 10.2. The maximum absolute atomic E-state index is 11.8. The van der Waals surface area contributed by atoms with Crippen molar-refractivity contribution >= 4 is 5.97 Å². The molecule has 0 aromatic heterocycles. The van der Waals surface area contributed by atoms with E-state index in [0.717, 1.165) is 27.8 Å². The van der Waals surface area contributed by atoms with Gasteiger partial charge >= 0.3 is 5.97 Å². The van der Waals surface area contributed by atoms with Gasteiger partial charge in [0.05, 0.1) is 0 Å². The van der Waals surface area contributed by atoms with E-state index in [1.54, 1.807) is 19.1 Å². The SMILES string of the molecule is C=C(C)C(=O)Oc1ccc(C(c2cc(C)cc(C)c2O)c2cc(C)cc(C)c2O)cc1. The molecule has 0 atom stereocenters. The zero-order chi connectivity index (χ0) is 22.9. The summed E-state index contributed by atoms with van der Waals surface area (Å²) >= 11 is 0. The predicted octanol–water partition coefficient (Wildman–Crippen LogP) is 5.99. The van der Waals surface area contributed by atoms with Gasteiger partial charge in [-0.25, -0.2) is 4.79 Å². The summed E-state index contributed by atoms with van der Waals surface area (Å²) in [5.41, 5.74) is 6.19. The fourth-order valence-corrected chi connectivity index (χ4v) is 3.87. The van der Waals surface area contributed by atoms with Gasteiger partial charge < -0.3 is 14.9 Å². The largest absolute Gasteiger partial charge is 0.507 e. The van der Waals surface area contributed by atoms with Crippen molar-refractivity contribution in [3.05, 3.63) is 99.6 Å². The monoisotopic (exact) mass is 416 g/mol. The molecule has 0 fully saturated rings. The maximum Gasteiger partial charge on any atom is 0.338 e. The van der Waals surface area contributed by atoms with Crippen molar-refractivity contribution in [2.45, 2.75) is 40.5 Å². The molecule has 0 aliphatic carbocycles. The van der Waals surface area contributed by atoms with Gasteiger partial charge in [-0.1, -0.05) is 54.1 Å². The molecule has 0 heterocycles. The van der Waals surface area contributed by atoms with E-state index in [2.05, 4.69) is 6.58 Å². The van der Waals surface area contributed by atoms with E-state index in [0.29, 0.717) is 22.4 Å². The number of phenols is 2. The molecule has 3 aromatic carbocycles. The number of ether oxygens (including phenoxy) is 1. The number of hydrogen-bond acceptors (Lipinski definition) is 4. The predicted molar refractivity (Wildman–Crippen MR) is 123 cm³/mol. The molecule has 0 aliphatic rings. The molecule has 160 valence electrons. The number of aryl methyl sites for hydroxylation is 4. The summed E-state index contributed by atoms with van der Waals surface area (Å²) in [6, 6.07) is 14.9. The standard InChI is InChI=1S/C27H28O4/c1-15(2)27(30)31-21-9-7-20(8-10-21)24(22-13-16(3)11-18(5)25(22)28)23-14-17(4)12-19(6)26(23)29/h7-14,24,28-29H,1H2,2-6H3. The van der Waals surface area contributed by atoms with E-state index in [4.69, 9.17) is 4.74 Å². The lowest BCUT2D eigenvalue weighted by Gasteiger charge is -2.24. The molecule has 0 aliphatic heterocycles. The smallest absolute Gasteiger partial charge is 0.338 e. The van der Waals surface area contributed by atoms with Gasteiger partial charge in [0, 0.05) is 22.6 Å². The van der Waals surface area contributed by atoms with Crippen molar-refractivity contribution < 1.29 is 19.7 Å². The Morgan fingerprint density at radius 3 is 1.71 bits per heavy atom. The van der Waals surface area contributed by atoms with E-state index in [1.807, 2.05) is 64.1 Å². The minimum Gasteiger partial charge on any atom is -0.507 e. The van der Waals surface area contributed by atoms with Crippen LogP contribution in [-0.4, -0.2) is 16.2 Å². The second-order valence-corrected chi connectivity index (χ2v) is 8.21. The van der Waals surface area contributed by atoms with Gasteiger partial charge in [0.2, 0.25) is 0 Å². The van der Waals surface area contributed by atoms with Crippen molar-refractivity contribution in [2.24, 2.45) is 0 Å². The number of rotatable bonds is 5. The van der Waals surface area contributed by atoms with Gasteiger partial charge in [-0.3, -0.25) is 0 Å². The first-order chi connectivity index (χ1) is 14.6. The molecule has 0 saturated carbocycles. The van der Waals surface area contributed by atoms with Crippen LogP contribution in [-0.2, 0) is 4.79 Å². The minimum atomic E-state index is -0.483. The number of esters is 1. The summed E-state index contributed by atoms with van der Waals surface area (Å²) in [7, 11) is 0. The van der Waals surface area contributed by atoms with Crippen LogP contribution in [0.15, 0.2) is 60.7 Å². The summed E-state index contributed by atoms with van der Waals surface area (Å²) in [5.74, 6) is -0.0741. The molecule has 0 spiro atoms. The van der Waals surface area contributed by atoms with Gasteiger partial charge in [0.15, 0.2) is 0 Å². The number of phenolic OH excluding ortho intramolecular Hbond substituents is 2. The van der Waals surface area contributed by atoms with E-state index in [-0.39, 0.29) is 11.5 Å². The van der Waals surface area contributed by atoms with Gasteiger partial charge in [-0.05, 0) is 63.4 Å². The van der Waals surface area contributed by atoms with Crippen LogP contribution < -0.4 is 4.74 Å². The molecular formula is C27H28O4. The highest BCUT2D eigenvalue weighted by Gasteiger charge is 2.25. The first-order valence-corrected chi connectivity index (χ1v) is 10.2. The van der Waals surface area contributed by atoms with E-state index >= 15 is 0 Å². The molecule has 0 radical (unpaired) electrons. The highest BCUT2D eigenvalue weighted by atomic mass is 16.5. The molecule has 0 amide bonds. The summed E-state index contributed by atoms with van der Waals surface area (Å²) in [6.45, 7) is 12.9. The van der Waals surface area contributed by atoms with Crippen LogP contribution in [0, 0.1) is 27.7 Å². The van der Waals surface area contributed by atoms with Crippen molar-refractivity contribution in [3.8, 4) is 17.2 Å². The molecule has 4 nitrogen and oxygen atoms in total. The highest BCUT2D eigenvalue weighted by Crippen LogP contribution is 2.43. The first kappa shape index (κ1) is 22.2. The second-order valence-electron chi connectivity index (χ2n) is 8.21. The van der Waals surface area contributed by atoms with E-state index in [1.165, 1.54) is 0 Å². The van der Waals surface area contributed by atoms with Crippen LogP contribution in [0.25, 0.3) is 0 Å². The van der Waals surface area contributed by atoms with Crippen LogP contribution in [0.4, 0.5) is 0 Å². The average Bonchev–Trinajstić information content (AvgIpc) is 2.70. The minimum absolute atomic E-state index is 0.201. The molecule has 0 unspecified atom stereocenters. The number of carbonyl (C=O) groups excluding carboxylic acids is 1. The molecule has 2 N–H and O–H groups in total. The Balaban J connectivity index is 2.19. The summed E-state index contributed by atoms with van der Waals surface area (Å²) in [5, 5.41) is 21.8. The van der Waals surface area contributed by atoms with Gasteiger partial charge in [0.1, 0.15) is 17.2 Å². The van der Waals surface area contributed by atoms with Gasteiger partial charge in [0.25, 0.3) is 0 Å². The van der Waals surface area contributed by atoms with Crippen LogP contribution >= 0.6 is 0 Å². The molecule has 31 heavy (non-hydrogen) atoms. The molecular weight excluding hydrogens is 388 g/mol. The lowest BCUT2D eigenvalue weighted by atomic mass is 9.81. The average molecular weight is 417 g/mol. The summed E-state index contributed by atoms with van der Waals surface area (Å²) in [4.78, 5) is 11.8. The molecule has 0 saturated heterocycles. The normalized spacial score (nSPS) is 10.9. The quantitative estimate of drug-likeness (QED) is 0.232. The lowest BCUT2D eigenvalue weighted by molar-refractivity contribution is -0.130. The number of benzene rings is 3. The topological polar surface area (TPSA) is 66.8 Å². The van der Waals surface area contributed by atoms with Crippen LogP contribution in [0.5, 0.6) is 17.2 Å². The Morgan fingerprint density at radius 2 is 1.29 bits per heavy atom. The fraction of sp³-hybridized carbons (Fsp3) is 0.222. The number of aromatic hydroxyl groups is 2. The van der Waals surface area contributed by atoms with Gasteiger partial charge in [-0.15, -0.1) is 0 Å². The Morgan fingerprint density at radius 1 is 0.839 bits per heavy atom. The third kappa shape index (κ3) is 4.64. The van der Waals surface area contributed by atoms with E-state index < -0.39 is 11.9 Å². The summed E-state index contributed by atoms with van der Waals surface area (Å²) in [6.07, 6.45) is 0. The number of hydrogen-bond donors (Lipinski definition) is 2. The van der Waals surface area contributed by atoms with Crippen LogP contribution in [0.2, 0.25) is 0 Å².